The maximum absolute atomic E-state index is 12.5. The lowest BCUT2D eigenvalue weighted by Gasteiger charge is -2.14. The van der Waals surface area contributed by atoms with E-state index in [9.17, 15) is 4.79 Å². The Morgan fingerprint density at radius 2 is 1.92 bits per heavy atom. The molecular formula is C21H21N3O2. The Labute approximate surface area is 153 Å². The van der Waals surface area contributed by atoms with E-state index in [-0.39, 0.29) is 5.91 Å². The van der Waals surface area contributed by atoms with Gasteiger partial charge < -0.3 is 15.0 Å². The molecule has 0 atom stereocenters. The molecule has 1 amide bonds. The van der Waals surface area contributed by atoms with E-state index in [0.717, 1.165) is 11.3 Å². The third-order valence-corrected chi connectivity index (χ3v) is 3.84. The van der Waals surface area contributed by atoms with Crippen LogP contribution in [0.5, 0.6) is 5.75 Å². The van der Waals surface area contributed by atoms with Gasteiger partial charge in [0.25, 0.3) is 5.91 Å². The van der Waals surface area contributed by atoms with Crippen molar-refractivity contribution in [2.24, 2.45) is 0 Å². The molecule has 1 N–H and O–H groups in total. The summed E-state index contributed by atoms with van der Waals surface area (Å²) in [5.74, 6) is 0.534. The predicted molar refractivity (Wildman–Crippen MR) is 104 cm³/mol. The topological polar surface area (TPSA) is 54.5 Å². The molecular weight excluding hydrogens is 326 g/mol. The lowest BCUT2D eigenvalue weighted by molar-refractivity contribution is 0.102. The third-order valence-electron chi connectivity index (χ3n) is 3.84. The quantitative estimate of drug-likeness (QED) is 0.733. The highest BCUT2D eigenvalue weighted by Gasteiger charge is 2.08. The van der Waals surface area contributed by atoms with Crippen molar-refractivity contribution in [3.63, 3.8) is 0 Å². The Kier molecular flexibility index (Phi) is 5.49. The number of aromatic nitrogens is 1. The first kappa shape index (κ1) is 17.5. The first-order valence-electron chi connectivity index (χ1n) is 8.32. The van der Waals surface area contributed by atoms with Crippen molar-refractivity contribution in [2.75, 3.05) is 24.3 Å². The number of carbonyl (C=O) groups is 1. The number of nitrogens with zero attached hydrogens (tertiary/aromatic N) is 2. The highest BCUT2D eigenvalue weighted by atomic mass is 16.5. The Morgan fingerprint density at radius 3 is 2.69 bits per heavy atom. The number of carbonyl (C=O) groups excluding carboxylic acids is 1. The number of pyridine rings is 1. The monoisotopic (exact) mass is 347 g/mol. The number of ether oxygens (including phenoxy) is 1. The Hall–Kier alpha value is -3.34. The predicted octanol–water partition coefficient (Wildman–Crippen LogP) is 3.98. The van der Waals surface area contributed by atoms with Gasteiger partial charge in [-0.2, -0.15) is 0 Å². The average Bonchev–Trinajstić information content (AvgIpc) is 2.67. The number of benzene rings is 2. The minimum Gasteiger partial charge on any atom is -0.489 e. The molecule has 0 aliphatic carbocycles. The highest BCUT2D eigenvalue weighted by molar-refractivity contribution is 6.04. The van der Waals surface area contributed by atoms with Gasteiger partial charge in [-0.25, -0.2) is 0 Å². The molecule has 3 aromatic rings. The van der Waals surface area contributed by atoms with Crippen LogP contribution in [0.3, 0.4) is 0 Å². The fourth-order valence-corrected chi connectivity index (χ4v) is 2.44. The molecule has 0 fully saturated rings. The summed E-state index contributed by atoms with van der Waals surface area (Å²) in [5.41, 5.74) is 3.26. The van der Waals surface area contributed by atoms with Crippen LogP contribution in [0.1, 0.15) is 15.9 Å². The second-order valence-electron chi connectivity index (χ2n) is 6.08. The Balaban J connectivity index is 1.66. The molecule has 0 unspecified atom stereocenters. The fourth-order valence-electron chi connectivity index (χ4n) is 2.44. The zero-order valence-electron chi connectivity index (χ0n) is 14.8. The second kappa shape index (κ2) is 8.16. The molecule has 0 saturated heterocycles. The van der Waals surface area contributed by atoms with Gasteiger partial charge in [-0.05, 0) is 36.4 Å². The van der Waals surface area contributed by atoms with Gasteiger partial charge in [0.2, 0.25) is 0 Å². The van der Waals surface area contributed by atoms with Crippen LogP contribution in [-0.4, -0.2) is 25.0 Å². The van der Waals surface area contributed by atoms with Gasteiger partial charge in [-0.3, -0.25) is 9.78 Å². The van der Waals surface area contributed by atoms with E-state index in [2.05, 4.69) is 10.3 Å². The SMILES string of the molecule is CN(C)c1cccc(C(=O)Nc2cccc(OCc3cccnc3)c2)c1. The largest absolute Gasteiger partial charge is 0.489 e. The van der Waals surface area contributed by atoms with Gasteiger partial charge in [-0.1, -0.05) is 18.2 Å². The van der Waals surface area contributed by atoms with Gasteiger partial charge in [0.1, 0.15) is 12.4 Å². The Morgan fingerprint density at radius 1 is 1.08 bits per heavy atom. The summed E-state index contributed by atoms with van der Waals surface area (Å²) in [4.78, 5) is 18.5. The number of rotatable bonds is 6. The number of hydrogen-bond acceptors (Lipinski definition) is 4. The highest BCUT2D eigenvalue weighted by Crippen LogP contribution is 2.20. The van der Waals surface area contributed by atoms with Crippen LogP contribution in [0.15, 0.2) is 73.1 Å². The van der Waals surface area contributed by atoms with Crippen molar-refractivity contribution in [1.82, 2.24) is 4.98 Å². The summed E-state index contributed by atoms with van der Waals surface area (Å²) in [5, 5.41) is 2.91. The Bertz CT molecular complexity index is 879. The molecule has 26 heavy (non-hydrogen) atoms. The molecule has 0 radical (unpaired) electrons. The molecule has 132 valence electrons. The molecule has 0 aliphatic heterocycles. The van der Waals surface area contributed by atoms with Gasteiger partial charge >= 0.3 is 0 Å². The van der Waals surface area contributed by atoms with Crippen LogP contribution in [0.25, 0.3) is 0 Å². The lowest BCUT2D eigenvalue weighted by atomic mass is 10.1. The van der Waals surface area contributed by atoms with Gasteiger partial charge in [0.05, 0.1) is 0 Å². The average molecular weight is 347 g/mol. The first-order valence-corrected chi connectivity index (χ1v) is 8.32. The third kappa shape index (κ3) is 4.60. The van der Waals surface area contributed by atoms with Gasteiger partial charge in [-0.15, -0.1) is 0 Å². The minimum atomic E-state index is -0.155. The van der Waals surface area contributed by atoms with E-state index in [1.807, 2.05) is 73.6 Å². The maximum Gasteiger partial charge on any atom is 0.255 e. The lowest BCUT2D eigenvalue weighted by Crippen LogP contribution is -2.14. The molecule has 2 aromatic carbocycles. The molecule has 1 heterocycles. The summed E-state index contributed by atoms with van der Waals surface area (Å²) < 4.78 is 5.77. The van der Waals surface area contributed by atoms with Crippen LogP contribution >= 0.6 is 0 Å². The summed E-state index contributed by atoms with van der Waals surface area (Å²) in [7, 11) is 3.89. The van der Waals surface area contributed by atoms with Crippen LogP contribution in [0.2, 0.25) is 0 Å². The van der Waals surface area contributed by atoms with Crippen LogP contribution in [0, 0.1) is 0 Å². The van der Waals surface area contributed by atoms with Crippen molar-refractivity contribution in [3.05, 3.63) is 84.2 Å². The van der Waals surface area contributed by atoms with Crippen molar-refractivity contribution < 1.29 is 9.53 Å². The summed E-state index contributed by atoms with van der Waals surface area (Å²) >= 11 is 0. The number of hydrogen-bond donors (Lipinski definition) is 1. The van der Waals surface area contributed by atoms with Crippen LogP contribution < -0.4 is 15.0 Å². The summed E-state index contributed by atoms with van der Waals surface area (Å²) in [6.45, 7) is 0.427. The first-order chi connectivity index (χ1) is 12.6. The van der Waals surface area contributed by atoms with E-state index in [1.54, 1.807) is 18.5 Å². The summed E-state index contributed by atoms with van der Waals surface area (Å²) in [6.07, 6.45) is 3.49. The fraction of sp³-hybridized carbons (Fsp3) is 0.143. The van der Waals surface area contributed by atoms with Gasteiger partial charge in [0, 0.05) is 55.1 Å². The van der Waals surface area contributed by atoms with Crippen LogP contribution in [-0.2, 0) is 6.61 Å². The molecule has 0 spiro atoms. The molecule has 0 saturated carbocycles. The molecule has 0 bridgehead atoms. The maximum atomic E-state index is 12.5. The normalized spacial score (nSPS) is 10.2. The minimum absolute atomic E-state index is 0.155. The van der Waals surface area contributed by atoms with E-state index >= 15 is 0 Å². The van der Waals surface area contributed by atoms with Crippen molar-refractivity contribution in [1.29, 1.82) is 0 Å². The molecule has 0 aliphatic rings. The smallest absolute Gasteiger partial charge is 0.255 e. The van der Waals surface area contributed by atoms with Crippen molar-refractivity contribution >= 4 is 17.3 Å². The van der Waals surface area contributed by atoms with Crippen molar-refractivity contribution in [2.45, 2.75) is 6.61 Å². The molecule has 3 rings (SSSR count). The van der Waals surface area contributed by atoms with Gasteiger partial charge in [0.15, 0.2) is 0 Å². The molecule has 5 nitrogen and oxygen atoms in total. The zero-order chi connectivity index (χ0) is 18.4. The van der Waals surface area contributed by atoms with E-state index < -0.39 is 0 Å². The van der Waals surface area contributed by atoms with Crippen molar-refractivity contribution in [3.8, 4) is 5.75 Å². The van der Waals surface area contributed by atoms with E-state index in [1.165, 1.54) is 0 Å². The standard InChI is InChI=1S/C21H21N3O2/c1-24(2)19-9-3-7-17(12-19)21(25)23-18-8-4-10-20(13-18)26-15-16-6-5-11-22-14-16/h3-14H,15H2,1-2H3,(H,23,25). The summed E-state index contributed by atoms with van der Waals surface area (Å²) in [6, 6.07) is 18.7. The second-order valence-corrected chi connectivity index (χ2v) is 6.08. The van der Waals surface area contributed by atoms with Crippen LogP contribution in [0.4, 0.5) is 11.4 Å². The zero-order valence-corrected chi connectivity index (χ0v) is 14.8. The number of nitrogens with one attached hydrogen (secondary N) is 1. The van der Waals surface area contributed by atoms with E-state index in [4.69, 9.17) is 4.74 Å². The molecule has 1 aromatic heterocycles. The van der Waals surface area contributed by atoms with E-state index in [0.29, 0.717) is 23.6 Å². The number of anilines is 2. The number of amides is 1. The molecule has 5 heteroatoms.